The highest BCUT2D eigenvalue weighted by Crippen LogP contribution is 2.33. The van der Waals surface area contributed by atoms with Crippen molar-refractivity contribution in [2.75, 3.05) is 11.9 Å². The van der Waals surface area contributed by atoms with Gasteiger partial charge in [0.15, 0.2) is 0 Å². The lowest BCUT2D eigenvalue weighted by Gasteiger charge is -2.11. The molecule has 0 amide bonds. The lowest BCUT2D eigenvalue weighted by molar-refractivity contribution is 1.16. The van der Waals surface area contributed by atoms with Gasteiger partial charge >= 0.3 is 0 Å². The van der Waals surface area contributed by atoms with E-state index in [4.69, 9.17) is 23.2 Å². The van der Waals surface area contributed by atoms with Crippen molar-refractivity contribution in [2.45, 2.75) is 13.8 Å². The van der Waals surface area contributed by atoms with E-state index in [0.717, 1.165) is 17.7 Å². The van der Waals surface area contributed by atoms with Gasteiger partial charge < -0.3 is 5.32 Å². The van der Waals surface area contributed by atoms with E-state index in [0.29, 0.717) is 21.6 Å². The average Bonchev–Trinajstić information content (AvgIpc) is 2.34. The number of anilines is 1. The fourth-order valence-corrected chi connectivity index (χ4v) is 2.19. The smallest absolute Gasteiger partial charge is 0.145 e. The standard InChI is InChI=1S/C13H13Cl2N3/c1-3-17-13-11(15)6-10(14)12(18-13)9-7-16-5-4-8(9)2/h4-7H,3H2,1-2H3,(H,17,18). The Morgan fingerprint density at radius 3 is 2.72 bits per heavy atom. The first-order valence-corrected chi connectivity index (χ1v) is 6.40. The topological polar surface area (TPSA) is 37.8 Å². The second-order valence-corrected chi connectivity index (χ2v) is 4.68. The molecule has 2 aromatic rings. The van der Waals surface area contributed by atoms with Crippen LogP contribution in [0.4, 0.5) is 5.82 Å². The molecule has 18 heavy (non-hydrogen) atoms. The van der Waals surface area contributed by atoms with E-state index < -0.39 is 0 Å². The van der Waals surface area contributed by atoms with Gasteiger partial charge in [-0.25, -0.2) is 4.98 Å². The molecular weight excluding hydrogens is 269 g/mol. The van der Waals surface area contributed by atoms with Gasteiger partial charge in [-0.15, -0.1) is 0 Å². The third-order valence-electron chi connectivity index (χ3n) is 2.57. The van der Waals surface area contributed by atoms with E-state index in [1.165, 1.54) is 0 Å². The Labute approximate surface area is 116 Å². The summed E-state index contributed by atoms with van der Waals surface area (Å²) in [5.41, 5.74) is 2.69. The van der Waals surface area contributed by atoms with Crippen LogP contribution in [-0.4, -0.2) is 16.5 Å². The molecule has 1 N–H and O–H groups in total. The van der Waals surface area contributed by atoms with Crippen LogP contribution in [0.15, 0.2) is 24.5 Å². The molecule has 0 saturated heterocycles. The summed E-state index contributed by atoms with van der Waals surface area (Å²) in [5.74, 6) is 0.641. The van der Waals surface area contributed by atoms with Crippen LogP contribution in [0.3, 0.4) is 0 Å². The number of rotatable bonds is 3. The maximum absolute atomic E-state index is 6.21. The van der Waals surface area contributed by atoms with Crippen molar-refractivity contribution in [3.05, 3.63) is 40.1 Å². The Bertz CT molecular complexity index is 570. The first-order chi connectivity index (χ1) is 8.63. The van der Waals surface area contributed by atoms with Crippen molar-refractivity contribution < 1.29 is 0 Å². The Kier molecular flexibility index (Phi) is 4.04. The summed E-state index contributed by atoms with van der Waals surface area (Å²) in [6.45, 7) is 4.73. The predicted molar refractivity (Wildman–Crippen MR) is 76.4 cm³/mol. The number of nitrogens with one attached hydrogen (secondary N) is 1. The van der Waals surface area contributed by atoms with Crippen LogP contribution < -0.4 is 5.32 Å². The molecule has 2 aromatic heterocycles. The van der Waals surface area contributed by atoms with Crippen LogP contribution in [0.2, 0.25) is 10.0 Å². The van der Waals surface area contributed by atoms with Crippen LogP contribution >= 0.6 is 23.2 Å². The number of nitrogens with zero attached hydrogens (tertiary/aromatic N) is 2. The molecule has 0 radical (unpaired) electrons. The van der Waals surface area contributed by atoms with Gasteiger partial charge in [0.25, 0.3) is 0 Å². The summed E-state index contributed by atoms with van der Waals surface area (Å²) in [6.07, 6.45) is 3.50. The lowest BCUT2D eigenvalue weighted by atomic mass is 10.1. The Hall–Kier alpha value is -1.32. The minimum absolute atomic E-state index is 0.521. The van der Waals surface area contributed by atoms with Gasteiger partial charge in [-0.1, -0.05) is 23.2 Å². The Morgan fingerprint density at radius 1 is 1.28 bits per heavy atom. The normalized spacial score (nSPS) is 10.4. The quantitative estimate of drug-likeness (QED) is 0.917. The predicted octanol–water partition coefficient (Wildman–Crippen LogP) is 4.19. The van der Waals surface area contributed by atoms with Crippen LogP contribution in [-0.2, 0) is 0 Å². The maximum atomic E-state index is 6.21. The molecule has 3 nitrogen and oxygen atoms in total. The molecule has 2 rings (SSSR count). The summed E-state index contributed by atoms with van der Waals surface area (Å²) in [7, 11) is 0. The van der Waals surface area contributed by atoms with Crippen molar-refractivity contribution in [1.82, 2.24) is 9.97 Å². The van der Waals surface area contributed by atoms with E-state index >= 15 is 0 Å². The molecule has 0 fully saturated rings. The number of pyridine rings is 2. The van der Waals surface area contributed by atoms with Crippen molar-refractivity contribution in [3.8, 4) is 11.3 Å². The minimum atomic E-state index is 0.521. The minimum Gasteiger partial charge on any atom is -0.369 e. The number of hydrogen-bond acceptors (Lipinski definition) is 3. The third kappa shape index (κ3) is 2.57. The van der Waals surface area contributed by atoms with Crippen molar-refractivity contribution in [1.29, 1.82) is 0 Å². The van der Waals surface area contributed by atoms with Gasteiger partial charge in [0.05, 0.1) is 15.7 Å². The molecule has 0 unspecified atom stereocenters. The third-order valence-corrected chi connectivity index (χ3v) is 3.14. The summed E-state index contributed by atoms with van der Waals surface area (Å²) < 4.78 is 0. The van der Waals surface area contributed by atoms with Gasteiger partial charge in [0.2, 0.25) is 0 Å². The molecule has 94 valence electrons. The molecule has 5 heteroatoms. The summed E-state index contributed by atoms with van der Waals surface area (Å²) >= 11 is 12.3. The second kappa shape index (κ2) is 5.55. The fourth-order valence-electron chi connectivity index (χ4n) is 1.66. The van der Waals surface area contributed by atoms with E-state index in [1.807, 2.05) is 19.9 Å². The average molecular weight is 282 g/mol. The molecule has 0 aliphatic carbocycles. The molecule has 0 aromatic carbocycles. The maximum Gasteiger partial charge on any atom is 0.145 e. The SMILES string of the molecule is CCNc1nc(-c2cnccc2C)c(Cl)cc1Cl. The molecule has 0 bridgehead atoms. The van der Waals surface area contributed by atoms with Gasteiger partial charge in [0, 0.05) is 24.5 Å². The molecule has 0 atom stereocenters. The highest BCUT2D eigenvalue weighted by Gasteiger charge is 2.12. The summed E-state index contributed by atoms with van der Waals surface area (Å²) in [4.78, 5) is 8.59. The van der Waals surface area contributed by atoms with E-state index in [1.54, 1.807) is 18.5 Å². The highest BCUT2D eigenvalue weighted by molar-refractivity contribution is 6.37. The molecule has 0 saturated carbocycles. The first-order valence-electron chi connectivity index (χ1n) is 5.64. The van der Waals surface area contributed by atoms with E-state index in [-0.39, 0.29) is 0 Å². The van der Waals surface area contributed by atoms with Crippen molar-refractivity contribution in [2.24, 2.45) is 0 Å². The second-order valence-electron chi connectivity index (χ2n) is 3.87. The fraction of sp³-hybridized carbons (Fsp3) is 0.231. The van der Waals surface area contributed by atoms with Gasteiger partial charge in [-0.2, -0.15) is 0 Å². The van der Waals surface area contributed by atoms with Crippen LogP contribution in [0.5, 0.6) is 0 Å². The summed E-state index contributed by atoms with van der Waals surface area (Å²) in [6, 6.07) is 3.63. The molecule has 2 heterocycles. The zero-order chi connectivity index (χ0) is 13.1. The zero-order valence-electron chi connectivity index (χ0n) is 10.2. The Morgan fingerprint density at radius 2 is 2.06 bits per heavy atom. The summed E-state index contributed by atoms with van der Waals surface area (Å²) in [5, 5.41) is 4.16. The lowest BCUT2D eigenvalue weighted by Crippen LogP contribution is -2.02. The molecular formula is C13H13Cl2N3. The van der Waals surface area contributed by atoms with Crippen molar-refractivity contribution >= 4 is 29.0 Å². The monoisotopic (exact) mass is 281 g/mol. The van der Waals surface area contributed by atoms with Gasteiger partial charge in [-0.05, 0) is 31.5 Å². The zero-order valence-corrected chi connectivity index (χ0v) is 11.7. The number of aromatic nitrogens is 2. The van der Waals surface area contributed by atoms with Gasteiger partial charge in [-0.3, -0.25) is 4.98 Å². The number of aryl methyl sites for hydroxylation is 1. The van der Waals surface area contributed by atoms with Crippen LogP contribution in [0, 0.1) is 6.92 Å². The molecule has 0 aliphatic rings. The Balaban J connectivity index is 2.57. The number of hydrogen-bond donors (Lipinski definition) is 1. The van der Waals surface area contributed by atoms with E-state index in [2.05, 4.69) is 15.3 Å². The van der Waals surface area contributed by atoms with Crippen molar-refractivity contribution in [3.63, 3.8) is 0 Å². The molecule has 0 aliphatic heterocycles. The van der Waals surface area contributed by atoms with Gasteiger partial charge in [0.1, 0.15) is 5.82 Å². The first kappa shape index (κ1) is 13.1. The largest absolute Gasteiger partial charge is 0.369 e. The number of halogens is 2. The highest BCUT2D eigenvalue weighted by atomic mass is 35.5. The molecule has 0 spiro atoms. The van der Waals surface area contributed by atoms with Crippen LogP contribution in [0.1, 0.15) is 12.5 Å². The van der Waals surface area contributed by atoms with Crippen LogP contribution in [0.25, 0.3) is 11.3 Å². The van der Waals surface area contributed by atoms with E-state index in [9.17, 15) is 0 Å².